The van der Waals surface area contributed by atoms with Crippen molar-refractivity contribution in [2.45, 2.75) is 13.5 Å². The number of benzene rings is 2. The highest BCUT2D eigenvalue weighted by atomic mass is 16.5. The molecule has 0 aliphatic carbocycles. The Morgan fingerprint density at radius 3 is 2.67 bits per heavy atom. The number of ether oxygens (including phenoxy) is 3. The predicted octanol–water partition coefficient (Wildman–Crippen LogP) is 3.61. The first-order chi connectivity index (χ1) is 14.5. The fourth-order valence-electron chi connectivity index (χ4n) is 3.44. The summed E-state index contributed by atoms with van der Waals surface area (Å²) >= 11 is 0. The van der Waals surface area contributed by atoms with E-state index in [-0.39, 0.29) is 5.97 Å². The van der Waals surface area contributed by atoms with Gasteiger partial charge in [0.1, 0.15) is 17.0 Å². The van der Waals surface area contributed by atoms with E-state index >= 15 is 0 Å². The molecule has 0 saturated heterocycles. The maximum absolute atomic E-state index is 12.1. The lowest BCUT2D eigenvalue weighted by Crippen LogP contribution is -2.08. The molecule has 0 spiro atoms. The molecule has 8 heteroatoms. The van der Waals surface area contributed by atoms with E-state index in [0.29, 0.717) is 17.9 Å². The van der Waals surface area contributed by atoms with Crippen LogP contribution in [0, 0.1) is 6.92 Å². The highest BCUT2D eigenvalue weighted by Crippen LogP contribution is 2.28. The molecular formula is C22H22N4O4. The highest BCUT2D eigenvalue weighted by Gasteiger charge is 2.15. The smallest absolute Gasteiger partial charge is 0.338 e. The van der Waals surface area contributed by atoms with Crippen LogP contribution in [-0.4, -0.2) is 41.7 Å². The Hall–Kier alpha value is -3.81. The topological polar surface area (TPSA) is 87.0 Å². The molecule has 2 aromatic heterocycles. The van der Waals surface area contributed by atoms with Gasteiger partial charge in [0, 0.05) is 18.2 Å². The zero-order valence-corrected chi connectivity index (χ0v) is 17.2. The average Bonchev–Trinajstić information content (AvgIpc) is 3.26. The van der Waals surface area contributed by atoms with E-state index in [1.54, 1.807) is 32.8 Å². The molecule has 4 aromatic rings. The summed E-state index contributed by atoms with van der Waals surface area (Å²) in [4.78, 5) is 21.1. The molecule has 0 amide bonds. The van der Waals surface area contributed by atoms with Gasteiger partial charge in [-0.3, -0.25) is 4.40 Å². The molecule has 0 atom stereocenters. The van der Waals surface area contributed by atoms with Crippen LogP contribution < -0.4 is 14.8 Å². The van der Waals surface area contributed by atoms with Crippen molar-refractivity contribution in [3.05, 3.63) is 59.5 Å². The number of methoxy groups -OCH3 is 3. The van der Waals surface area contributed by atoms with Gasteiger partial charge in [0.25, 0.3) is 0 Å². The molecule has 154 valence electrons. The van der Waals surface area contributed by atoms with Crippen molar-refractivity contribution in [2.75, 3.05) is 26.6 Å². The molecule has 2 heterocycles. The molecule has 8 nitrogen and oxygen atoms in total. The molecule has 0 bridgehead atoms. The third-order valence-corrected chi connectivity index (χ3v) is 5.04. The fraction of sp³-hybridized carbons (Fsp3) is 0.227. The number of aryl methyl sites for hydroxylation is 1. The van der Waals surface area contributed by atoms with Crippen LogP contribution in [0.3, 0.4) is 0 Å². The summed E-state index contributed by atoms with van der Waals surface area (Å²) in [6.45, 7) is 2.37. The van der Waals surface area contributed by atoms with Crippen molar-refractivity contribution in [1.29, 1.82) is 0 Å². The first kappa shape index (κ1) is 19.5. The number of carbonyl (C=O) groups excluding carboxylic acids is 1. The molecular weight excluding hydrogens is 384 g/mol. The maximum Gasteiger partial charge on any atom is 0.338 e. The first-order valence-electron chi connectivity index (χ1n) is 9.35. The van der Waals surface area contributed by atoms with Crippen molar-refractivity contribution in [2.24, 2.45) is 0 Å². The molecule has 0 unspecified atom stereocenters. The summed E-state index contributed by atoms with van der Waals surface area (Å²) in [5.41, 5.74) is 4.59. The lowest BCUT2D eigenvalue weighted by molar-refractivity contribution is 0.0600. The van der Waals surface area contributed by atoms with Gasteiger partial charge in [0.05, 0.1) is 50.5 Å². The summed E-state index contributed by atoms with van der Waals surface area (Å²) in [6, 6.07) is 9.34. The molecule has 0 fully saturated rings. The van der Waals surface area contributed by atoms with Crippen LogP contribution in [-0.2, 0) is 11.3 Å². The van der Waals surface area contributed by atoms with Crippen LogP contribution in [0.15, 0.2) is 42.9 Å². The van der Waals surface area contributed by atoms with Gasteiger partial charge in [-0.15, -0.1) is 0 Å². The van der Waals surface area contributed by atoms with E-state index in [4.69, 9.17) is 19.2 Å². The SMILES string of the molecule is COC(=O)c1cc2c(cc1C)nc(NCc1ccc(OC)cc1OC)c1cncn12. The van der Waals surface area contributed by atoms with Crippen LogP contribution in [0.1, 0.15) is 21.5 Å². The van der Waals surface area contributed by atoms with E-state index in [0.717, 1.165) is 39.2 Å². The molecule has 4 rings (SSSR count). The van der Waals surface area contributed by atoms with Gasteiger partial charge in [-0.25, -0.2) is 14.8 Å². The monoisotopic (exact) mass is 406 g/mol. The van der Waals surface area contributed by atoms with E-state index in [2.05, 4.69) is 10.3 Å². The molecule has 0 aliphatic heterocycles. The zero-order chi connectivity index (χ0) is 21.3. The van der Waals surface area contributed by atoms with Crippen LogP contribution in [0.4, 0.5) is 5.82 Å². The largest absolute Gasteiger partial charge is 0.497 e. The highest BCUT2D eigenvalue weighted by molar-refractivity contribution is 5.96. The van der Waals surface area contributed by atoms with E-state index in [1.807, 2.05) is 35.6 Å². The number of rotatable bonds is 6. The molecule has 30 heavy (non-hydrogen) atoms. The van der Waals surface area contributed by atoms with Crippen molar-refractivity contribution < 1.29 is 19.0 Å². The number of fused-ring (bicyclic) bond motifs is 3. The Balaban J connectivity index is 1.75. The summed E-state index contributed by atoms with van der Waals surface area (Å²) in [7, 11) is 4.62. The standard InChI is InChI=1S/C22H22N4O4/c1-13-7-17-18(9-16(13)22(27)30-4)26-12-23-11-19(26)21(25-17)24-10-14-5-6-15(28-2)8-20(14)29-3/h5-9,11-12H,10H2,1-4H3,(H,24,25). The van der Waals surface area contributed by atoms with Gasteiger partial charge < -0.3 is 19.5 Å². The van der Waals surface area contributed by atoms with Gasteiger partial charge in [0.15, 0.2) is 5.82 Å². The minimum absolute atomic E-state index is 0.378. The van der Waals surface area contributed by atoms with Gasteiger partial charge in [-0.1, -0.05) is 0 Å². The number of anilines is 1. The first-order valence-corrected chi connectivity index (χ1v) is 9.35. The number of esters is 1. The number of nitrogens with zero attached hydrogens (tertiary/aromatic N) is 3. The molecule has 0 saturated carbocycles. The number of nitrogens with one attached hydrogen (secondary N) is 1. The van der Waals surface area contributed by atoms with Crippen molar-refractivity contribution in [3.8, 4) is 11.5 Å². The predicted molar refractivity (Wildman–Crippen MR) is 113 cm³/mol. The zero-order valence-electron chi connectivity index (χ0n) is 17.2. The van der Waals surface area contributed by atoms with Gasteiger partial charge >= 0.3 is 5.97 Å². The van der Waals surface area contributed by atoms with Gasteiger partial charge in [0.2, 0.25) is 0 Å². The summed E-state index contributed by atoms with van der Waals surface area (Å²) in [5, 5.41) is 3.38. The summed E-state index contributed by atoms with van der Waals surface area (Å²) < 4.78 is 17.5. The van der Waals surface area contributed by atoms with Gasteiger partial charge in [-0.05, 0) is 36.8 Å². The number of aromatic nitrogens is 3. The van der Waals surface area contributed by atoms with Crippen LogP contribution in [0.2, 0.25) is 0 Å². The quantitative estimate of drug-likeness (QED) is 0.490. The van der Waals surface area contributed by atoms with E-state index in [9.17, 15) is 4.79 Å². The molecule has 0 aliphatic rings. The van der Waals surface area contributed by atoms with Crippen LogP contribution >= 0.6 is 0 Å². The number of hydrogen-bond acceptors (Lipinski definition) is 7. The number of carbonyl (C=O) groups is 1. The van der Waals surface area contributed by atoms with Crippen LogP contribution in [0.5, 0.6) is 11.5 Å². The molecule has 0 radical (unpaired) electrons. The second-order valence-electron chi connectivity index (χ2n) is 6.79. The fourth-order valence-corrected chi connectivity index (χ4v) is 3.44. The minimum Gasteiger partial charge on any atom is -0.497 e. The van der Waals surface area contributed by atoms with Crippen molar-refractivity contribution >= 4 is 28.3 Å². The number of hydrogen-bond donors (Lipinski definition) is 1. The summed E-state index contributed by atoms with van der Waals surface area (Å²) in [6.07, 6.45) is 3.44. The molecule has 2 aromatic carbocycles. The second kappa shape index (κ2) is 7.90. The Bertz CT molecular complexity index is 1250. The number of imidazole rings is 1. The van der Waals surface area contributed by atoms with E-state index in [1.165, 1.54) is 7.11 Å². The van der Waals surface area contributed by atoms with Crippen molar-refractivity contribution in [1.82, 2.24) is 14.4 Å². The lowest BCUT2D eigenvalue weighted by Gasteiger charge is -2.14. The van der Waals surface area contributed by atoms with E-state index < -0.39 is 0 Å². The Labute approximate surface area is 173 Å². The second-order valence-corrected chi connectivity index (χ2v) is 6.79. The average molecular weight is 406 g/mol. The summed E-state index contributed by atoms with van der Waals surface area (Å²) in [5.74, 6) is 1.76. The maximum atomic E-state index is 12.1. The van der Waals surface area contributed by atoms with Crippen LogP contribution in [0.25, 0.3) is 16.6 Å². The minimum atomic E-state index is -0.378. The Kier molecular flexibility index (Phi) is 5.14. The lowest BCUT2D eigenvalue weighted by atomic mass is 10.1. The third-order valence-electron chi connectivity index (χ3n) is 5.04. The van der Waals surface area contributed by atoms with Crippen molar-refractivity contribution in [3.63, 3.8) is 0 Å². The molecule has 1 N–H and O–H groups in total. The Morgan fingerprint density at radius 2 is 1.93 bits per heavy atom. The Morgan fingerprint density at radius 1 is 1.10 bits per heavy atom. The normalized spacial score (nSPS) is 10.9. The third kappa shape index (κ3) is 3.36. The van der Waals surface area contributed by atoms with Gasteiger partial charge in [-0.2, -0.15) is 0 Å².